The third-order valence-electron chi connectivity index (χ3n) is 13.0. The second kappa shape index (κ2) is 9.99. The number of halogens is 1. The van der Waals surface area contributed by atoms with Crippen LogP contribution in [-0.2, 0) is 13.1 Å². The highest BCUT2D eigenvalue weighted by molar-refractivity contribution is 6.30. The average Bonchev–Trinajstić information content (AvgIpc) is 2.86. The quantitative estimate of drug-likeness (QED) is 0.308. The maximum absolute atomic E-state index is 6.87. The molecule has 214 valence electrons. The van der Waals surface area contributed by atoms with Gasteiger partial charge in [-0.05, 0) is 110 Å². The topological polar surface area (TPSA) is 19.4 Å². The van der Waals surface area contributed by atoms with E-state index in [-0.39, 0.29) is 0 Å². The minimum Gasteiger partial charge on any atom is -0.302 e. The molecule has 8 atom stereocenters. The summed E-state index contributed by atoms with van der Waals surface area (Å²) in [4.78, 5) is 10.0. The predicted molar refractivity (Wildman–Crippen MR) is 165 cm³/mol. The Hall–Kier alpha value is -1.16. The molecule has 6 saturated carbocycles. The molecule has 39 heavy (non-hydrogen) atoms. The second-order valence-electron chi connectivity index (χ2n) is 15.8. The zero-order valence-electron chi connectivity index (χ0n) is 25.8. The molecule has 8 rings (SSSR count). The van der Waals surface area contributed by atoms with Gasteiger partial charge in [0, 0.05) is 37.1 Å². The van der Waals surface area contributed by atoms with Gasteiger partial charge in [-0.1, -0.05) is 71.3 Å². The predicted octanol–water partition coefficient (Wildman–Crippen LogP) is 8.39. The fourth-order valence-electron chi connectivity index (χ4n) is 10.0. The molecular weight excluding hydrogens is 498 g/mol. The molecule has 2 aromatic rings. The highest BCUT2D eigenvalue weighted by Gasteiger charge is 2.57. The summed E-state index contributed by atoms with van der Waals surface area (Å²) in [6, 6.07) is 8.96. The molecule has 6 aliphatic rings. The van der Waals surface area contributed by atoms with Gasteiger partial charge < -0.3 is 9.80 Å². The van der Waals surface area contributed by atoms with E-state index in [9.17, 15) is 0 Å². The largest absolute Gasteiger partial charge is 0.302 e. The van der Waals surface area contributed by atoms with Crippen LogP contribution >= 0.6 is 11.6 Å². The molecular formula is C35H52ClN3. The number of hydrogen-bond donors (Lipinski definition) is 0. The minimum atomic E-state index is 0.553. The van der Waals surface area contributed by atoms with Gasteiger partial charge in [0.2, 0.25) is 0 Å². The summed E-state index contributed by atoms with van der Waals surface area (Å²) in [5, 5.41) is 1.89. The van der Waals surface area contributed by atoms with Crippen LogP contribution in [0.5, 0.6) is 0 Å². The van der Waals surface area contributed by atoms with E-state index >= 15 is 0 Å². The summed E-state index contributed by atoms with van der Waals surface area (Å²) in [6.07, 6.45) is 5.68. The summed E-state index contributed by atoms with van der Waals surface area (Å²) >= 11 is 6.87. The zero-order chi connectivity index (χ0) is 27.9. The average molecular weight is 550 g/mol. The van der Waals surface area contributed by atoms with Crippen molar-refractivity contribution < 1.29 is 0 Å². The van der Waals surface area contributed by atoms with Gasteiger partial charge in [-0.15, -0.1) is 0 Å². The van der Waals surface area contributed by atoms with Crippen LogP contribution in [0.3, 0.4) is 0 Å². The first kappa shape index (κ1) is 28.0. The summed E-state index contributed by atoms with van der Waals surface area (Å²) in [5.41, 5.74) is 4.64. The van der Waals surface area contributed by atoms with E-state index in [1.165, 1.54) is 43.2 Å². The molecule has 1 aromatic carbocycles. The van der Waals surface area contributed by atoms with E-state index in [4.69, 9.17) is 16.6 Å². The zero-order valence-corrected chi connectivity index (χ0v) is 26.6. The molecule has 6 aliphatic carbocycles. The Bertz CT molecular complexity index is 1220. The minimum absolute atomic E-state index is 0.553. The number of nitrogens with zero attached hydrogens (tertiary/aromatic N) is 3. The van der Waals surface area contributed by atoms with Crippen LogP contribution in [0, 0.1) is 58.2 Å². The van der Waals surface area contributed by atoms with Crippen molar-refractivity contribution in [3.05, 3.63) is 40.5 Å². The highest BCUT2D eigenvalue weighted by atomic mass is 35.5. The van der Waals surface area contributed by atoms with Gasteiger partial charge in [0.1, 0.15) is 5.15 Å². The lowest BCUT2D eigenvalue weighted by molar-refractivity contribution is -0.132. The van der Waals surface area contributed by atoms with Crippen LogP contribution in [-0.4, -0.2) is 42.0 Å². The Kier molecular flexibility index (Phi) is 7.16. The highest BCUT2D eigenvalue weighted by Crippen LogP contribution is 2.64. The molecule has 0 amide bonds. The molecule has 0 radical (unpaired) electrons. The Morgan fingerprint density at radius 1 is 0.795 bits per heavy atom. The Morgan fingerprint density at radius 3 is 1.79 bits per heavy atom. The summed E-state index contributed by atoms with van der Waals surface area (Å²) in [7, 11) is 4.56. The van der Waals surface area contributed by atoms with Gasteiger partial charge >= 0.3 is 0 Å². The van der Waals surface area contributed by atoms with Gasteiger partial charge in [0.15, 0.2) is 0 Å². The molecule has 4 bridgehead atoms. The third-order valence-corrected chi connectivity index (χ3v) is 13.3. The number of para-hydroxylation sites is 1. The van der Waals surface area contributed by atoms with E-state index in [0.717, 1.165) is 78.1 Å². The molecule has 6 fully saturated rings. The van der Waals surface area contributed by atoms with Crippen molar-refractivity contribution in [3.63, 3.8) is 0 Å². The Labute approximate surface area is 243 Å². The van der Waals surface area contributed by atoms with Crippen LogP contribution in [0.2, 0.25) is 5.15 Å². The first-order chi connectivity index (χ1) is 18.4. The molecule has 3 nitrogen and oxygen atoms in total. The van der Waals surface area contributed by atoms with Gasteiger partial charge in [-0.3, -0.25) is 0 Å². The van der Waals surface area contributed by atoms with Crippen molar-refractivity contribution in [2.75, 3.05) is 27.2 Å². The van der Waals surface area contributed by atoms with E-state index in [2.05, 4.69) is 89.7 Å². The lowest BCUT2D eigenvalue weighted by Crippen LogP contribution is -2.56. The number of hydrogen-bond acceptors (Lipinski definition) is 3. The SMILES string of the molecule is C[C@@H]1[C@@H](CN(C)Cc2cc3cccc(CN(C)C[C@H]4C[C@H]5C[C@@H]([C@@H]4C)C5(C)C)c3nc2Cl)C[C@H]2C[C@@H]1C2(C)C. The number of fused-ring (bicyclic) bond motifs is 5. The number of rotatable bonds is 8. The van der Waals surface area contributed by atoms with Crippen LogP contribution < -0.4 is 0 Å². The smallest absolute Gasteiger partial charge is 0.134 e. The fourth-order valence-corrected chi connectivity index (χ4v) is 10.2. The summed E-state index contributed by atoms with van der Waals surface area (Å²) in [6.45, 7) is 19.1. The lowest BCUT2D eigenvalue weighted by atomic mass is 9.43. The first-order valence-electron chi connectivity index (χ1n) is 15.8. The second-order valence-corrected chi connectivity index (χ2v) is 16.1. The van der Waals surface area contributed by atoms with Gasteiger partial charge in [0.25, 0.3) is 0 Å². The maximum atomic E-state index is 6.87. The molecule has 0 unspecified atom stereocenters. The van der Waals surface area contributed by atoms with E-state index in [0.29, 0.717) is 16.0 Å². The summed E-state index contributed by atoms with van der Waals surface area (Å²) < 4.78 is 0. The standard InChI is InChI=1S/C35H52ClN3/c1-21-25(13-28-15-30(21)34(28,3)4)18-38(7)17-24-11-9-10-23-12-27(33(36)37-32(23)24)20-39(8)19-26-14-29-16-31(22(26)2)35(29,5)6/h9-12,21-22,25-26,28-31H,13-20H2,1-8H3/t21-,22-,25-,26-,28+,29+,30+,31+/m1/s1. The molecule has 4 heteroatoms. The molecule has 0 N–H and O–H groups in total. The Morgan fingerprint density at radius 2 is 1.31 bits per heavy atom. The van der Waals surface area contributed by atoms with Crippen LogP contribution in [0.1, 0.15) is 78.4 Å². The van der Waals surface area contributed by atoms with E-state index in [1.807, 2.05) is 0 Å². The number of benzene rings is 1. The van der Waals surface area contributed by atoms with Gasteiger partial charge in [-0.2, -0.15) is 0 Å². The van der Waals surface area contributed by atoms with Crippen LogP contribution in [0.15, 0.2) is 24.3 Å². The first-order valence-corrected chi connectivity index (χ1v) is 16.2. The molecule has 0 saturated heterocycles. The molecule has 1 heterocycles. The van der Waals surface area contributed by atoms with E-state index in [1.54, 1.807) is 0 Å². The monoisotopic (exact) mass is 549 g/mol. The van der Waals surface area contributed by atoms with Crippen molar-refractivity contribution in [2.45, 2.75) is 80.3 Å². The Balaban J connectivity index is 1.10. The van der Waals surface area contributed by atoms with Crippen LogP contribution in [0.4, 0.5) is 0 Å². The van der Waals surface area contributed by atoms with Crippen molar-refractivity contribution in [3.8, 4) is 0 Å². The van der Waals surface area contributed by atoms with Crippen LogP contribution in [0.25, 0.3) is 10.9 Å². The van der Waals surface area contributed by atoms with Crippen molar-refractivity contribution in [1.82, 2.24) is 14.8 Å². The van der Waals surface area contributed by atoms with Gasteiger partial charge in [0.05, 0.1) is 5.52 Å². The van der Waals surface area contributed by atoms with E-state index < -0.39 is 0 Å². The van der Waals surface area contributed by atoms with Gasteiger partial charge in [-0.25, -0.2) is 4.98 Å². The normalized spacial score (nSPS) is 36.2. The fraction of sp³-hybridized carbons (Fsp3) is 0.743. The number of pyridine rings is 1. The number of aromatic nitrogens is 1. The third kappa shape index (κ3) is 4.77. The molecule has 0 spiro atoms. The summed E-state index contributed by atoms with van der Waals surface area (Å²) in [5.74, 6) is 6.88. The van der Waals surface area contributed by atoms with Crippen molar-refractivity contribution in [2.24, 2.45) is 58.2 Å². The lowest BCUT2D eigenvalue weighted by Gasteiger charge is -2.62. The van der Waals surface area contributed by atoms with Crippen molar-refractivity contribution in [1.29, 1.82) is 0 Å². The molecule has 1 aromatic heterocycles. The maximum Gasteiger partial charge on any atom is 0.134 e. The molecule has 0 aliphatic heterocycles. The van der Waals surface area contributed by atoms with Crippen molar-refractivity contribution >= 4 is 22.5 Å².